The number of nitrogens with one attached hydrogen (secondary N) is 2. The first kappa shape index (κ1) is 16.1. The van der Waals surface area contributed by atoms with Gasteiger partial charge in [0.25, 0.3) is 0 Å². The highest BCUT2D eigenvalue weighted by molar-refractivity contribution is 6.45. The van der Waals surface area contributed by atoms with Crippen molar-refractivity contribution in [2.75, 3.05) is 17.7 Å². The molecule has 0 unspecified atom stereocenters. The molecule has 2 N–H and O–H groups in total. The van der Waals surface area contributed by atoms with Gasteiger partial charge in [-0.05, 0) is 30.3 Å². The topological polar surface area (TPSA) is 67.4 Å². The molecule has 2 aromatic rings. The van der Waals surface area contributed by atoms with Crippen LogP contribution in [0.2, 0.25) is 10.0 Å². The number of methoxy groups -OCH3 is 1. The molecule has 0 saturated heterocycles. The SMILES string of the molecule is COc1ccc(Cl)cc1NC(=O)C(=O)Nc1ccccc1Cl. The minimum absolute atomic E-state index is 0.300. The summed E-state index contributed by atoms with van der Waals surface area (Å²) >= 11 is 11.8. The van der Waals surface area contributed by atoms with Gasteiger partial charge in [0.15, 0.2) is 0 Å². The molecule has 0 atom stereocenters. The summed E-state index contributed by atoms with van der Waals surface area (Å²) in [7, 11) is 1.45. The molecular formula is C15H12Cl2N2O3. The van der Waals surface area contributed by atoms with Crippen LogP contribution in [-0.4, -0.2) is 18.9 Å². The Kier molecular flexibility index (Phi) is 5.25. The Morgan fingerprint density at radius 3 is 2.23 bits per heavy atom. The van der Waals surface area contributed by atoms with Gasteiger partial charge in [-0.15, -0.1) is 0 Å². The molecule has 0 aliphatic carbocycles. The summed E-state index contributed by atoms with van der Waals surface area (Å²) in [6.07, 6.45) is 0. The number of para-hydroxylation sites is 1. The van der Waals surface area contributed by atoms with Gasteiger partial charge in [0.1, 0.15) is 5.75 Å². The Balaban J connectivity index is 2.11. The zero-order valence-corrected chi connectivity index (χ0v) is 13.0. The van der Waals surface area contributed by atoms with Crippen LogP contribution in [0.15, 0.2) is 42.5 Å². The lowest BCUT2D eigenvalue weighted by Crippen LogP contribution is -2.29. The van der Waals surface area contributed by atoms with E-state index in [1.54, 1.807) is 36.4 Å². The Morgan fingerprint density at radius 2 is 1.59 bits per heavy atom. The number of anilines is 2. The standard InChI is InChI=1S/C15H12Cl2N2O3/c1-22-13-7-6-9(16)8-12(13)19-15(21)14(20)18-11-5-3-2-4-10(11)17/h2-8H,1H3,(H,18,20)(H,19,21). The average molecular weight is 339 g/mol. The van der Waals surface area contributed by atoms with Gasteiger partial charge in [-0.3, -0.25) is 9.59 Å². The maximum Gasteiger partial charge on any atom is 0.314 e. The van der Waals surface area contributed by atoms with Crippen molar-refractivity contribution in [1.29, 1.82) is 0 Å². The second kappa shape index (κ2) is 7.15. The predicted molar refractivity (Wildman–Crippen MR) is 86.7 cm³/mol. The molecule has 114 valence electrons. The summed E-state index contributed by atoms with van der Waals surface area (Å²) in [5.41, 5.74) is 0.650. The van der Waals surface area contributed by atoms with Gasteiger partial charge < -0.3 is 15.4 Å². The van der Waals surface area contributed by atoms with Crippen LogP contribution in [0.3, 0.4) is 0 Å². The highest BCUT2D eigenvalue weighted by Gasteiger charge is 2.17. The lowest BCUT2D eigenvalue weighted by atomic mass is 10.3. The number of halogens is 2. The maximum atomic E-state index is 11.9. The summed E-state index contributed by atoms with van der Waals surface area (Å²) in [6, 6.07) is 11.3. The lowest BCUT2D eigenvalue weighted by Gasteiger charge is -2.11. The van der Waals surface area contributed by atoms with Crippen molar-refractivity contribution in [1.82, 2.24) is 0 Å². The Bertz CT molecular complexity index is 720. The minimum atomic E-state index is -0.861. The number of hydrogen-bond acceptors (Lipinski definition) is 3. The second-order valence-electron chi connectivity index (χ2n) is 4.23. The molecular weight excluding hydrogens is 327 g/mol. The third-order valence-corrected chi connectivity index (χ3v) is 3.30. The number of amides is 2. The van der Waals surface area contributed by atoms with Crippen LogP contribution in [0, 0.1) is 0 Å². The number of carbonyl (C=O) groups excluding carboxylic acids is 2. The van der Waals surface area contributed by atoms with Gasteiger partial charge in [0.2, 0.25) is 0 Å². The van der Waals surface area contributed by atoms with Crippen LogP contribution in [0.25, 0.3) is 0 Å². The number of hydrogen-bond donors (Lipinski definition) is 2. The first-order valence-corrected chi connectivity index (χ1v) is 6.97. The van der Waals surface area contributed by atoms with Crippen LogP contribution in [0.1, 0.15) is 0 Å². The van der Waals surface area contributed by atoms with Gasteiger partial charge in [-0.1, -0.05) is 35.3 Å². The third kappa shape index (κ3) is 3.90. The molecule has 7 heteroatoms. The van der Waals surface area contributed by atoms with Crippen molar-refractivity contribution in [3.63, 3.8) is 0 Å². The fourth-order valence-corrected chi connectivity index (χ4v) is 2.05. The summed E-state index contributed by atoms with van der Waals surface area (Å²) < 4.78 is 5.09. The van der Waals surface area contributed by atoms with E-state index in [1.165, 1.54) is 13.2 Å². The van der Waals surface area contributed by atoms with E-state index in [2.05, 4.69) is 10.6 Å². The lowest BCUT2D eigenvalue weighted by molar-refractivity contribution is -0.133. The van der Waals surface area contributed by atoms with Gasteiger partial charge in [0.05, 0.1) is 23.5 Å². The molecule has 0 bridgehead atoms. The molecule has 0 heterocycles. The van der Waals surface area contributed by atoms with Crippen LogP contribution >= 0.6 is 23.2 Å². The Hall–Kier alpha value is -2.24. The summed E-state index contributed by atoms with van der Waals surface area (Å²) in [6.45, 7) is 0. The number of carbonyl (C=O) groups is 2. The van der Waals surface area contributed by atoms with Crippen molar-refractivity contribution in [3.8, 4) is 5.75 Å². The average Bonchev–Trinajstić information content (AvgIpc) is 2.49. The van der Waals surface area contributed by atoms with Crippen molar-refractivity contribution in [2.24, 2.45) is 0 Å². The second-order valence-corrected chi connectivity index (χ2v) is 5.08. The summed E-state index contributed by atoms with van der Waals surface area (Å²) in [5.74, 6) is -1.32. The van der Waals surface area contributed by atoms with Crippen molar-refractivity contribution < 1.29 is 14.3 Å². The monoisotopic (exact) mass is 338 g/mol. The quantitative estimate of drug-likeness (QED) is 0.840. The largest absolute Gasteiger partial charge is 0.495 e. The number of benzene rings is 2. The first-order chi connectivity index (χ1) is 10.5. The third-order valence-electron chi connectivity index (χ3n) is 2.74. The van der Waals surface area contributed by atoms with E-state index in [0.717, 1.165) is 0 Å². The molecule has 5 nitrogen and oxygen atoms in total. The molecule has 0 aliphatic rings. The summed E-state index contributed by atoms with van der Waals surface area (Å²) in [5, 5.41) is 5.61. The van der Waals surface area contributed by atoms with E-state index in [0.29, 0.717) is 27.2 Å². The fraction of sp³-hybridized carbons (Fsp3) is 0.0667. The molecule has 0 fully saturated rings. The predicted octanol–water partition coefficient (Wildman–Crippen LogP) is 3.58. The molecule has 22 heavy (non-hydrogen) atoms. The van der Waals surface area contributed by atoms with Crippen LogP contribution in [0.4, 0.5) is 11.4 Å². The highest BCUT2D eigenvalue weighted by atomic mass is 35.5. The molecule has 0 aromatic heterocycles. The Morgan fingerprint density at radius 1 is 0.955 bits per heavy atom. The van der Waals surface area contributed by atoms with Crippen molar-refractivity contribution in [3.05, 3.63) is 52.5 Å². The minimum Gasteiger partial charge on any atom is -0.495 e. The zero-order chi connectivity index (χ0) is 16.1. The molecule has 0 saturated carbocycles. The van der Waals surface area contributed by atoms with E-state index in [9.17, 15) is 9.59 Å². The smallest absolute Gasteiger partial charge is 0.314 e. The van der Waals surface area contributed by atoms with Gasteiger partial charge >= 0.3 is 11.8 Å². The van der Waals surface area contributed by atoms with Crippen LogP contribution < -0.4 is 15.4 Å². The van der Waals surface area contributed by atoms with Gasteiger partial charge in [-0.2, -0.15) is 0 Å². The van der Waals surface area contributed by atoms with E-state index in [1.807, 2.05) is 0 Å². The molecule has 0 spiro atoms. The van der Waals surface area contributed by atoms with Gasteiger partial charge in [-0.25, -0.2) is 0 Å². The normalized spacial score (nSPS) is 9.95. The fourth-order valence-electron chi connectivity index (χ4n) is 1.70. The van der Waals surface area contributed by atoms with Gasteiger partial charge in [0, 0.05) is 5.02 Å². The van der Waals surface area contributed by atoms with E-state index in [4.69, 9.17) is 27.9 Å². The van der Waals surface area contributed by atoms with E-state index in [-0.39, 0.29) is 0 Å². The number of ether oxygens (including phenoxy) is 1. The molecule has 0 radical (unpaired) electrons. The number of rotatable bonds is 3. The van der Waals surface area contributed by atoms with E-state index < -0.39 is 11.8 Å². The van der Waals surface area contributed by atoms with Crippen LogP contribution in [0.5, 0.6) is 5.75 Å². The molecule has 2 rings (SSSR count). The molecule has 2 amide bonds. The Labute approximate surface area is 137 Å². The zero-order valence-electron chi connectivity index (χ0n) is 11.5. The summed E-state index contributed by atoms with van der Waals surface area (Å²) in [4.78, 5) is 23.8. The van der Waals surface area contributed by atoms with Crippen molar-refractivity contribution >= 4 is 46.4 Å². The van der Waals surface area contributed by atoms with Crippen molar-refractivity contribution in [2.45, 2.75) is 0 Å². The first-order valence-electron chi connectivity index (χ1n) is 6.21. The van der Waals surface area contributed by atoms with E-state index >= 15 is 0 Å². The molecule has 0 aliphatic heterocycles. The maximum absolute atomic E-state index is 11.9. The highest BCUT2D eigenvalue weighted by Crippen LogP contribution is 2.27. The molecule has 2 aromatic carbocycles. The van der Waals surface area contributed by atoms with Crippen LogP contribution in [-0.2, 0) is 9.59 Å².